The van der Waals surface area contributed by atoms with Crippen LogP contribution in [0, 0.1) is 0 Å². The van der Waals surface area contributed by atoms with Crippen molar-refractivity contribution in [3.05, 3.63) is 48.2 Å². The predicted octanol–water partition coefficient (Wildman–Crippen LogP) is 2.27. The molecule has 0 aliphatic heterocycles. The summed E-state index contributed by atoms with van der Waals surface area (Å²) in [5.74, 6) is 2.12. The molecule has 0 saturated carbocycles. The number of pyridine rings is 1. The molecular weight excluding hydrogens is 268 g/mol. The van der Waals surface area contributed by atoms with Gasteiger partial charge in [-0.25, -0.2) is 4.98 Å². The van der Waals surface area contributed by atoms with E-state index in [1.54, 1.807) is 20.4 Å². The van der Waals surface area contributed by atoms with Crippen LogP contribution in [-0.2, 0) is 6.54 Å². The topological polar surface area (TPSA) is 52.6 Å². The second-order valence-electron chi connectivity index (χ2n) is 4.38. The maximum atomic E-state index is 5.51. The van der Waals surface area contributed by atoms with Crippen molar-refractivity contribution in [2.24, 2.45) is 0 Å². The van der Waals surface area contributed by atoms with E-state index in [0.717, 1.165) is 30.2 Å². The van der Waals surface area contributed by atoms with Crippen LogP contribution in [0.2, 0.25) is 0 Å². The van der Waals surface area contributed by atoms with Gasteiger partial charge in [-0.2, -0.15) is 0 Å². The van der Waals surface area contributed by atoms with E-state index in [2.05, 4.69) is 10.3 Å². The largest absolute Gasteiger partial charge is 0.493 e. The third-order valence-electron chi connectivity index (χ3n) is 2.94. The SMILES string of the molecule is COc1ccc(CNCCOc2ccccn2)cc1OC. The fourth-order valence-corrected chi connectivity index (χ4v) is 1.88. The number of nitrogens with zero attached hydrogens (tertiary/aromatic N) is 1. The molecule has 0 aliphatic carbocycles. The molecule has 112 valence electrons. The third-order valence-corrected chi connectivity index (χ3v) is 2.94. The van der Waals surface area contributed by atoms with Gasteiger partial charge in [0.25, 0.3) is 0 Å². The Morgan fingerprint density at radius 2 is 1.90 bits per heavy atom. The van der Waals surface area contributed by atoms with Crippen molar-refractivity contribution in [1.29, 1.82) is 0 Å². The zero-order valence-electron chi connectivity index (χ0n) is 12.3. The highest BCUT2D eigenvalue weighted by Crippen LogP contribution is 2.27. The molecule has 0 fully saturated rings. The van der Waals surface area contributed by atoms with Crippen molar-refractivity contribution in [2.75, 3.05) is 27.4 Å². The Balaban J connectivity index is 1.73. The molecule has 1 heterocycles. The number of methoxy groups -OCH3 is 2. The van der Waals surface area contributed by atoms with E-state index in [1.165, 1.54) is 0 Å². The van der Waals surface area contributed by atoms with E-state index in [-0.39, 0.29) is 0 Å². The zero-order chi connectivity index (χ0) is 14.9. The fourth-order valence-electron chi connectivity index (χ4n) is 1.88. The number of aromatic nitrogens is 1. The molecule has 0 atom stereocenters. The number of rotatable bonds is 8. The first-order valence-electron chi connectivity index (χ1n) is 6.79. The Bertz CT molecular complexity index is 546. The lowest BCUT2D eigenvalue weighted by Gasteiger charge is -2.10. The van der Waals surface area contributed by atoms with Gasteiger partial charge >= 0.3 is 0 Å². The molecule has 1 aromatic carbocycles. The summed E-state index contributed by atoms with van der Waals surface area (Å²) in [7, 11) is 3.26. The molecule has 0 amide bonds. The van der Waals surface area contributed by atoms with Crippen LogP contribution in [0.15, 0.2) is 42.6 Å². The maximum absolute atomic E-state index is 5.51. The Morgan fingerprint density at radius 3 is 2.62 bits per heavy atom. The summed E-state index contributed by atoms with van der Waals surface area (Å²) in [6, 6.07) is 11.5. The van der Waals surface area contributed by atoms with Crippen LogP contribution in [0.3, 0.4) is 0 Å². The zero-order valence-corrected chi connectivity index (χ0v) is 12.3. The first kappa shape index (κ1) is 15.1. The van der Waals surface area contributed by atoms with Gasteiger partial charge in [-0.05, 0) is 23.8 Å². The van der Waals surface area contributed by atoms with Crippen molar-refractivity contribution in [3.8, 4) is 17.4 Å². The summed E-state index contributed by atoms with van der Waals surface area (Å²) in [5.41, 5.74) is 1.13. The Labute approximate surface area is 124 Å². The highest BCUT2D eigenvalue weighted by molar-refractivity contribution is 5.42. The Kier molecular flexibility index (Phi) is 5.84. The van der Waals surface area contributed by atoms with Gasteiger partial charge in [-0.3, -0.25) is 0 Å². The first-order valence-corrected chi connectivity index (χ1v) is 6.79. The smallest absolute Gasteiger partial charge is 0.213 e. The van der Waals surface area contributed by atoms with E-state index in [1.807, 2.05) is 36.4 Å². The molecule has 0 bridgehead atoms. The van der Waals surface area contributed by atoms with Gasteiger partial charge in [0, 0.05) is 25.4 Å². The molecule has 1 aromatic heterocycles. The van der Waals surface area contributed by atoms with Crippen LogP contribution in [-0.4, -0.2) is 32.4 Å². The van der Waals surface area contributed by atoms with E-state index in [4.69, 9.17) is 14.2 Å². The van der Waals surface area contributed by atoms with Gasteiger partial charge in [-0.1, -0.05) is 12.1 Å². The second-order valence-corrected chi connectivity index (χ2v) is 4.38. The van der Waals surface area contributed by atoms with Crippen LogP contribution in [0.5, 0.6) is 17.4 Å². The number of hydrogen-bond donors (Lipinski definition) is 1. The molecule has 0 spiro atoms. The van der Waals surface area contributed by atoms with Gasteiger partial charge in [0.1, 0.15) is 6.61 Å². The fraction of sp³-hybridized carbons (Fsp3) is 0.312. The van der Waals surface area contributed by atoms with Crippen LogP contribution in [0.4, 0.5) is 0 Å². The Hall–Kier alpha value is -2.27. The number of ether oxygens (including phenoxy) is 3. The van der Waals surface area contributed by atoms with Crippen LogP contribution >= 0.6 is 0 Å². The van der Waals surface area contributed by atoms with Gasteiger partial charge < -0.3 is 19.5 Å². The third kappa shape index (κ3) is 4.65. The van der Waals surface area contributed by atoms with E-state index < -0.39 is 0 Å². The van der Waals surface area contributed by atoms with E-state index in [0.29, 0.717) is 12.5 Å². The summed E-state index contributed by atoms with van der Waals surface area (Å²) >= 11 is 0. The minimum Gasteiger partial charge on any atom is -0.493 e. The number of nitrogens with one attached hydrogen (secondary N) is 1. The van der Waals surface area contributed by atoms with Gasteiger partial charge in [0.2, 0.25) is 5.88 Å². The summed E-state index contributed by atoms with van der Waals surface area (Å²) in [6.07, 6.45) is 1.71. The van der Waals surface area contributed by atoms with Crippen molar-refractivity contribution in [3.63, 3.8) is 0 Å². The molecule has 0 aliphatic rings. The minimum atomic E-state index is 0.574. The summed E-state index contributed by atoms with van der Waals surface area (Å²) in [5, 5.41) is 3.31. The quantitative estimate of drug-likeness (QED) is 0.755. The molecule has 0 unspecified atom stereocenters. The minimum absolute atomic E-state index is 0.574. The number of hydrogen-bond acceptors (Lipinski definition) is 5. The van der Waals surface area contributed by atoms with E-state index >= 15 is 0 Å². The van der Waals surface area contributed by atoms with Crippen LogP contribution in [0.1, 0.15) is 5.56 Å². The molecule has 5 heteroatoms. The van der Waals surface area contributed by atoms with Crippen LogP contribution in [0.25, 0.3) is 0 Å². The predicted molar refractivity (Wildman–Crippen MR) is 81.0 cm³/mol. The molecule has 2 rings (SSSR count). The van der Waals surface area contributed by atoms with Crippen molar-refractivity contribution in [2.45, 2.75) is 6.54 Å². The highest BCUT2D eigenvalue weighted by atomic mass is 16.5. The van der Waals surface area contributed by atoms with Gasteiger partial charge in [0.15, 0.2) is 11.5 Å². The van der Waals surface area contributed by atoms with E-state index in [9.17, 15) is 0 Å². The van der Waals surface area contributed by atoms with Crippen molar-refractivity contribution < 1.29 is 14.2 Å². The average Bonchev–Trinajstić information content (AvgIpc) is 2.55. The molecule has 0 saturated heterocycles. The van der Waals surface area contributed by atoms with Crippen molar-refractivity contribution >= 4 is 0 Å². The molecule has 21 heavy (non-hydrogen) atoms. The first-order chi connectivity index (χ1) is 10.3. The second kappa shape index (κ2) is 8.11. The lowest BCUT2D eigenvalue weighted by Crippen LogP contribution is -2.20. The monoisotopic (exact) mass is 288 g/mol. The maximum Gasteiger partial charge on any atom is 0.213 e. The molecular formula is C16H20N2O3. The summed E-state index contributed by atoms with van der Waals surface area (Å²) in [4.78, 5) is 4.10. The lowest BCUT2D eigenvalue weighted by molar-refractivity contribution is 0.302. The van der Waals surface area contributed by atoms with Crippen LogP contribution < -0.4 is 19.5 Å². The Morgan fingerprint density at radius 1 is 1.05 bits per heavy atom. The molecule has 1 N–H and O–H groups in total. The van der Waals surface area contributed by atoms with Gasteiger partial charge in [0.05, 0.1) is 14.2 Å². The standard InChI is InChI=1S/C16H20N2O3/c1-19-14-7-6-13(11-15(14)20-2)12-17-9-10-21-16-5-3-4-8-18-16/h3-8,11,17H,9-10,12H2,1-2H3. The molecule has 0 radical (unpaired) electrons. The normalized spacial score (nSPS) is 10.2. The molecule has 2 aromatic rings. The highest BCUT2D eigenvalue weighted by Gasteiger charge is 2.04. The summed E-state index contributed by atoms with van der Waals surface area (Å²) < 4.78 is 16.0. The van der Waals surface area contributed by atoms with Gasteiger partial charge in [-0.15, -0.1) is 0 Å². The number of benzene rings is 1. The van der Waals surface area contributed by atoms with Crippen molar-refractivity contribution in [1.82, 2.24) is 10.3 Å². The summed E-state index contributed by atoms with van der Waals surface area (Å²) in [6.45, 7) is 2.06. The average molecular weight is 288 g/mol. The lowest BCUT2D eigenvalue weighted by atomic mass is 10.2. The molecule has 5 nitrogen and oxygen atoms in total.